The van der Waals surface area contributed by atoms with Gasteiger partial charge in [0.25, 0.3) is 0 Å². The summed E-state index contributed by atoms with van der Waals surface area (Å²) in [6.45, 7) is 0.349. The maximum absolute atomic E-state index is 12.3. The van der Waals surface area contributed by atoms with Crippen molar-refractivity contribution >= 4 is 40.1 Å². The second-order valence-electron chi connectivity index (χ2n) is 7.43. The average molecular weight is 453 g/mol. The summed E-state index contributed by atoms with van der Waals surface area (Å²) in [4.78, 5) is 29.5. The van der Waals surface area contributed by atoms with Crippen molar-refractivity contribution in [2.24, 2.45) is 7.05 Å². The highest BCUT2D eigenvalue weighted by Gasteiger charge is 2.27. The first-order valence-electron chi connectivity index (χ1n) is 10.2. The van der Waals surface area contributed by atoms with Crippen LogP contribution in [-0.2, 0) is 36.0 Å². The van der Waals surface area contributed by atoms with Crippen LogP contribution in [0.5, 0.6) is 0 Å². The minimum atomic E-state index is -0.460. The summed E-state index contributed by atoms with van der Waals surface area (Å²) in [6, 6.07) is 5.51. The van der Waals surface area contributed by atoms with E-state index in [2.05, 4.69) is 20.7 Å². The molecule has 166 valence electrons. The molecule has 1 aliphatic carbocycles. The predicted molar refractivity (Wildman–Crippen MR) is 123 cm³/mol. The lowest BCUT2D eigenvalue weighted by molar-refractivity contribution is -0.111. The van der Waals surface area contributed by atoms with E-state index in [1.807, 2.05) is 19.2 Å². The maximum atomic E-state index is 12.3. The number of nitrogens with zero attached hydrogens (tertiary/aromatic N) is 3. The van der Waals surface area contributed by atoms with E-state index in [0.717, 1.165) is 21.7 Å². The number of hydrogen-bond donors (Lipinski definition) is 3. The number of nitrogen functional groups attached to an aromatic ring is 1. The molecule has 0 aliphatic heterocycles. The van der Waals surface area contributed by atoms with Gasteiger partial charge in [0.05, 0.1) is 17.9 Å². The van der Waals surface area contributed by atoms with E-state index in [1.54, 1.807) is 35.4 Å². The molecule has 32 heavy (non-hydrogen) atoms. The van der Waals surface area contributed by atoms with E-state index >= 15 is 0 Å². The third kappa shape index (κ3) is 5.14. The van der Waals surface area contributed by atoms with E-state index in [-0.39, 0.29) is 12.0 Å². The van der Waals surface area contributed by atoms with Crippen LogP contribution in [0.3, 0.4) is 0 Å². The fourth-order valence-corrected chi connectivity index (χ4v) is 4.74. The number of rotatable bonds is 6. The number of carbonyl (C=O) groups is 2. The number of hydrogen-bond acceptors (Lipinski definition) is 7. The smallest absolute Gasteiger partial charge is 0.407 e. The molecule has 0 radical (unpaired) electrons. The third-order valence-corrected chi connectivity index (χ3v) is 6.40. The van der Waals surface area contributed by atoms with Gasteiger partial charge in [-0.2, -0.15) is 5.10 Å². The van der Waals surface area contributed by atoms with Crippen LogP contribution in [0.4, 0.5) is 15.5 Å². The Bertz CT molecular complexity index is 1140. The summed E-state index contributed by atoms with van der Waals surface area (Å²) >= 11 is 1.43. The van der Waals surface area contributed by atoms with Gasteiger partial charge < -0.3 is 21.1 Å². The Morgan fingerprint density at radius 3 is 3.00 bits per heavy atom. The number of fused-ring (bicyclic) bond motifs is 1. The average Bonchev–Trinajstić information content (AvgIpc) is 3.34. The highest BCUT2D eigenvalue weighted by atomic mass is 32.1. The molecule has 10 heteroatoms. The lowest BCUT2D eigenvalue weighted by Gasteiger charge is -2.22. The molecule has 0 bridgehead atoms. The number of pyridine rings is 1. The lowest BCUT2D eigenvalue weighted by Crippen LogP contribution is -2.32. The summed E-state index contributed by atoms with van der Waals surface area (Å²) in [7, 11) is 1.82. The molecular formula is C22H24N6O3S. The van der Waals surface area contributed by atoms with E-state index in [9.17, 15) is 9.59 Å². The van der Waals surface area contributed by atoms with Gasteiger partial charge in [0.15, 0.2) is 0 Å². The Morgan fingerprint density at radius 2 is 2.25 bits per heavy atom. The number of aryl methyl sites for hydroxylation is 1. The molecule has 0 spiro atoms. The number of nitrogens with one attached hydrogen (secondary N) is 2. The standard InChI is InChI=1S/C22H24N6O3S/c1-28-15(8-10-26-28)13-25-22(30)31-16-5-6-17-18(11-16)32-21(20(17)23)27-19(29)7-4-14-3-2-9-24-12-14/h2-4,7-10,12,16H,5-6,11,13,23H2,1H3,(H,25,30)(H,27,29)/b7-4+. The monoisotopic (exact) mass is 452 g/mol. The molecule has 9 nitrogen and oxygen atoms in total. The molecule has 3 aromatic heterocycles. The van der Waals surface area contributed by atoms with Crippen LogP contribution in [0.15, 0.2) is 42.9 Å². The Labute approximate surface area is 189 Å². The van der Waals surface area contributed by atoms with Gasteiger partial charge in [-0.1, -0.05) is 6.07 Å². The molecule has 0 saturated heterocycles. The van der Waals surface area contributed by atoms with Crippen molar-refractivity contribution in [1.82, 2.24) is 20.1 Å². The minimum Gasteiger partial charge on any atom is -0.446 e. The van der Waals surface area contributed by atoms with Crippen LogP contribution in [0.25, 0.3) is 6.08 Å². The molecule has 0 fully saturated rings. The maximum Gasteiger partial charge on any atom is 0.407 e. The Balaban J connectivity index is 1.32. The van der Waals surface area contributed by atoms with Crippen LogP contribution in [0.1, 0.15) is 28.1 Å². The van der Waals surface area contributed by atoms with Crippen molar-refractivity contribution in [2.45, 2.75) is 31.9 Å². The summed E-state index contributed by atoms with van der Waals surface area (Å²) in [5, 5.41) is 10.3. The molecule has 1 unspecified atom stereocenters. The minimum absolute atomic E-state index is 0.235. The van der Waals surface area contributed by atoms with E-state index < -0.39 is 6.09 Å². The van der Waals surface area contributed by atoms with Crippen molar-refractivity contribution in [3.63, 3.8) is 0 Å². The number of aromatic nitrogens is 3. The summed E-state index contributed by atoms with van der Waals surface area (Å²) in [5.74, 6) is -0.263. The van der Waals surface area contributed by atoms with Crippen LogP contribution >= 0.6 is 11.3 Å². The quantitative estimate of drug-likeness (QED) is 0.494. The molecule has 4 rings (SSSR count). The van der Waals surface area contributed by atoms with Gasteiger partial charge in [0.2, 0.25) is 5.91 Å². The Kier molecular flexibility index (Phi) is 6.50. The zero-order valence-corrected chi connectivity index (χ0v) is 18.4. The van der Waals surface area contributed by atoms with Crippen molar-refractivity contribution in [3.05, 3.63) is 64.6 Å². The van der Waals surface area contributed by atoms with Gasteiger partial charge in [-0.15, -0.1) is 11.3 Å². The number of nitrogens with two attached hydrogens (primary N) is 1. The van der Waals surface area contributed by atoms with Gasteiger partial charge in [0, 0.05) is 43.0 Å². The molecule has 0 saturated carbocycles. The van der Waals surface area contributed by atoms with E-state index in [1.165, 1.54) is 17.4 Å². The second kappa shape index (κ2) is 9.65. The van der Waals surface area contributed by atoms with Crippen LogP contribution in [0.2, 0.25) is 0 Å². The van der Waals surface area contributed by atoms with Crippen molar-refractivity contribution in [2.75, 3.05) is 11.1 Å². The predicted octanol–water partition coefficient (Wildman–Crippen LogP) is 2.89. The van der Waals surface area contributed by atoms with Gasteiger partial charge in [-0.05, 0) is 42.2 Å². The van der Waals surface area contributed by atoms with Crippen molar-refractivity contribution in [1.29, 1.82) is 0 Å². The van der Waals surface area contributed by atoms with Gasteiger partial charge in [-0.25, -0.2) is 4.79 Å². The fraction of sp³-hybridized carbons (Fsp3) is 0.273. The van der Waals surface area contributed by atoms with Gasteiger partial charge in [-0.3, -0.25) is 14.5 Å². The van der Waals surface area contributed by atoms with E-state index in [0.29, 0.717) is 36.5 Å². The van der Waals surface area contributed by atoms with Gasteiger partial charge >= 0.3 is 6.09 Å². The molecule has 1 atom stereocenters. The SMILES string of the molecule is Cn1nccc1CNC(=O)OC1CCc2c(sc(NC(=O)/C=C/c3cccnc3)c2N)C1. The fourth-order valence-electron chi connectivity index (χ4n) is 3.50. The lowest BCUT2D eigenvalue weighted by atomic mass is 9.95. The normalized spacial score (nSPS) is 15.3. The molecule has 0 aromatic carbocycles. The van der Waals surface area contributed by atoms with Crippen molar-refractivity contribution < 1.29 is 14.3 Å². The zero-order chi connectivity index (χ0) is 22.5. The van der Waals surface area contributed by atoms with Crippen LogP contribution < -0.4 is 16.4 Å². The number of amides is 2. The van der Waals surface area contributed by atoms with Crippen LogP contribution in [0, 0.1) is 0 Å². The number of anilines is 2. The number of ether oxygens (including phenoxy) is 1. The first kappa shape index (κ1) is 21.6. The summed E-state index contributed by atoms with van der Waals surface area (Å²) in [5.41, 5.74) is 9.61. The second-order valence-corrected chi connectivity index (χ2v) is 8.53. The number of alkyl carbamates (subject to hydrolysis) is 1. The summed E-state index contributed by atoms with van der Waals surface area (Å²) in [6.07, 6.45) is 9.43. The molecule has 1 aliphatic rings. The summed E-state index contributed by atoms with van der Waals surface area (Å²) < 4.78 is 7.28. The van der Waals surface area contributed by atoms with Crippen molar-refractivity contribution in [3.8, 4) is 0 Å². The first-order chi connectivity index (χ1) is 15.5. The number of carbonyl (C=O) groups excluding carboxylic acids is 2. The molecule has 3 heterocycles. The topological polar surface area (TPSA) is 124 Å². The molecular weight excluding hydrogens is 428 g/mol. The first-order valence-corrected chi connectivity index (χ1v) is 11.0. The van der Waals surface area contributed by atoms with Crippen LogP contribution in [-0.4, -0.2) is 32.9 Å². The van der Waals surface area contributed by atoms with Gasteiger partial charge in [0.1, 0.15) is 11.1 Å². The molecule has 2 amide bonds. The van der Waals surface area contributed by atoms with E-state index in [4.69, 9.17) is 10.5 Å². The highest BCUT2D eigenvalue weighted by Crippen LogP contribution is 2.40. The highest BCUT2D eigenvalue weighted by molar-refractivity contribution is 7.17. The Hall–Kier alpha value is -3.66. The third-order valence-electron chi connectivity index (χ3n) is 5.22. The number of thiophene rings is 1. The largest absolute Gasteiger partial charge is 0.446 e. The zero-order valence-electron chi connectivity index (χ0n) is 17.6. The Morgan fingerprint density at radius 1 is 1.38 bits per heavy atom. The molecule has 4 N–H and O–H groups in total. The molecule has 3 aromatic rings.